The summed E-state index contributed by atoms with van der Waals surface area (Å²) in [5.74, 6) is -0.0833. The summed E-state index contributed by atoms with van der Waals surface area (Å²) in [6.45, 7) is 8.23. The molecule has 450 valence electrons. The lowest BCUT2D eigenvalue weighted by Crippen LogP contribution is -2.34. The second-order valence-corrected chi connectivity index (χ2v) is 21.7. The SMILES string of the molecule is CCn1nc(-c2cccc(-c3ccc(C(=O)NCc4cccc(O)c4)cc3)c2)cc(NC(=O)Nc2c(Cl)cncc2Cl)c1=O.CCn1nc(-c2cccc(-c3ccc(CC(=O)NCCN4CCCC4)cc3)c2)cc(NC(=O)Nc2c(Cl)cncc2Cl)c1=O. The number of aryl methyl sites for hydroxylation is 2. The molecule has 1 aliphatic heterocycles. The number of nitrogens with zero attached hydrogens (tertiary/aromatic N) is 7. The van der Waals surface area contributed by atoms with Crippen molar-refractivity contribution in [1.29, 1.82) is 0 Å². The maximum Gasteiger partial charge on any atom is 0.323 e. The number of phenols is 1. The number of aromatic nitrogens is 6. The molecule has 1 aliphatic rings. The van der Waals surface area contributed by atoms with E-state index in [4.69, 9.17) is 46.4 Å². The summed E-state index contributed by atoms with van der Waals surface area (Å²) >= 11 is 24.4. The van der Waals surface area contributed by atoms with Crippen molar-refractivity contribution in [3.8, 4) is 50.5 Å². The van der Waals surface area contributed by atoms with Gasteiger partial charge in [-0.1, -0.05) is 131 Å². The Morgan fingerprint density at radius 2 is 0.989 bits per heavy atom. The summed E-state index contributed by atoms with van der Waals surface area (Å²) in [5.41, 5.74) is 7.76. The van der Waals surface area contributed by atoms with Crippen LogP contribution in [0.15, 0.2) is 168 Å². The Balaban J connectivity index is 0.000000209. The highest BCUT2D eigenvalue weighted by Crippen LogP contribution is 2.32. The molecular weight excluding hydrogens is 1200 g/mol. The van der Waals surface area contributed by atoms with Crippen LogP contribution >= 0.6 is 46.4 Å². The van der Waals surface area contributed by atoms with Crippen molar-refractivity contribution in [2.24, 2.45) is 0 Å². The van der Waals surface area contributed by atoms with E-state index in [2.05, 4.69) is 57.0 Å². The first-order chi connectivity index (χ1) is 42.5. The molecule has 0 saturated carbocycles. The average molecular weight is 1260 g/mol. The number of anilines is 4. The molecule has 5 aromatic carbocycles. The molecule has 6 amide bonds. The Labute approximate surface area is 525 Å². The van der Waals surface area contributed by atoms with Crippen LogP contribution in [-0.4, -0.2) is 89.6 Å². The molecule has 0 spiro atoms. The number of amides is 6. The van der Waals surface area contributed by atoms with Crippen molar-refractivity contribution in [1.82, 2.24) is 45.1 Å². The van der Waals surface area contributed by atoms with Gasteiger partial charge in [-0.05, 0) is 122 Å². The quantitative estimate of drug-likeness (QED) is 0.0423. The second kappa shape index (κ2) is 29.8. The summed E-state index contributed by atoms with van der Waals surface area (Å²) in [6.07, 6.45) is 8.19. The molecule has 0 bridgehead atoms. The van der Waals surface area contributed by atoms with E-state index in [9.17, 15) is 33.9 Å². The number of aromatic hydroxyl groups is 1. The van der Waals surface area contributed by atoms with E-state index >= 15 is 0 Å². The van der Waals surface area contributed by atoms with Crippen molar-refractivity contribution < 1.29 is 24.3 Å². The fourth-order valence-corrected chi connectivity index (χ4v) is 10.4. The van der Waals surface area contributed by atoms with Crippen LogP contribution < -0.4 is 43.0 Å². The van der Waals surface area contributed by atoms with Gasteiger partial charge in [0.15, 0.2) is 0 Å². The molecule has 0 atom stereocenters. The third-order valence-electron chi connectivity index (χ3n) is 14.0. The zero-order valence-electron chi connectivity index (χ0n) is 47.6. The predicted molar refractivity (Wildman–Crippen MR) is 346 cm³/mol. The van der Waals surface area contributed by atoms with Crippen LogP contribution in [0.2, 0.25) is 20.1 Å². The van der Waals surface area contributed by atoms with Crippen LogP contribution in [-0.2, 0) is 30.8 Å². The second-order valence-electron chi connectivity index (χ2n) is 20.1. The van der Waals surface area contributed by atoms with Gasteiger partial charge in [-0.15, -0.1) is 0 Å². The highest BCUT2D eigenvalue weighted by molar-refractivity contribution is 6.40. The number of hydrogen-bond acceptors (Lipinski definition) is 12. The minimum atomic E-state index is -0.711. The largest absolute Gasteiger partial charge is 0.508 e. The highest BCUT2D eigenvalue weighted by atomic mass is 35.5. The summed E-state index contributed by atoms with van der Waals surface area (Å²) in [6, 6.07) is 38.7. The smallest absolute Gasteiger partial charge is 0.323 e. The molecule has 0 aliphatic carbocycles. The molecule has 24 heteroatoms. The molecule has 1 saturated heterocycles. The number of nitrogens with one attached hydrogen (secondary N) is 6. The zero-order chi connectivity index (χ0) is 62.3. The number of pyridine rings is 2. The molecule has 0 radical (unpaired) electrons. The lowest BCUT2D eigenvalue weighted by atomic mass is 9.99. The molecule has 1 fully saturated rings. The van der Waals surface area contributed by atoms with Gasteiger partial charge in [0.1, 0.15) is 17.1 Å². The molecule has 10 rings (SSSR count). The predicted octanol–water partition coefficient (Wildman–Crippen LogP) is 12.3. The molecular formula is C64H59Cl4N13O7. The zero-order valence-corrected chi connectivity index (χ0v) is 50.6. The normalized spacial score (nSPS) is 11.9. The molecule has 20 nitrogen and oxygen atoms in total. The highest BCUT2D eigenvalue weighted by Gasteiger charge is 2.19. The van der Waals surface area contributed by atoms with E-state index in [-0.39, 0.29) is 73.5 Å². The Morgan fingerprint density at radius 1 is 0.523 bits per heavy atom. The molecule has 4 aromatic heterocycles. The van der Waals surface area contributed by atoms with Crippen LogP contribution in [0.4, 0.5) is 32.3 Å². The lowest BCUT2D eigenvalue weighted by Gasteiger charge is -2.14. The molecule has 0 unspecified atom stereocenters. The number of likely N-dealkylation sites (tertiary alicyclic amines) is 1. The van der Waals surface area contributed by atoms with Gasteiger partial charge in [-0.2, -0.15) is 10.2 Å². The van der Waals surface area contributed by atoms with Gasteiger partial charge < -0.3 is 41.9 Å². The van der Waals surface area contributed by atoms with Crippen LogP contribution in [0, 0.1) is 0 Å². The lowest BCUT2D eigenvalue weighted by molar-refractivity contribution is -0.120. The van der Waals surface area contributed by atoms with Gasteiger partial charge in [0, 0.05) is 74.2 Å². The van der Waals surface area contributed by atoms with Crippen LogP contribution in [0.1, 0.15) is 48.2 Å². The maximum atomic E-state index is 13.0. The number of urea groups is 2. The molecule has 88 heavy (non-hydrogen) atoms. The summed E-state index contributed by atoms with van der Waals surface area (Å²) in [7, 11) is 0. The monoisotopic (exact) mass is 1260 g/mol. The Morgan fingerprint density at radius 3 is 1.47 bits per heavy atom. The van der Waals surface area contributed by atoms with Crippen LogP contribution in [0.5, 0.6) is 5.75 Å². The number of rotatable bonds is 18. The van der Waals surface area contributed by atoms with Gasteiger partial charge in [0.05, 0.1) is 49.3 Å². The summed E-state index contributed by atoms with van der Waals surface area (Å²) < 4.78 is 2.54. The number of hydrogen-bond donors (Lipinski definition) is 7. The fraction of sp³-hybridized carbons (Fsp3) is 0.188. The van der Waals surface area contributed by atoms with E-state index in [0.29, 0.717) is 42.0 Å². The first kappa shape index (κ1) is 63.1. The van der Waals surface area contributed by atoms with Crippen molar-refractivity contribution in [2.75, 3.05) is 47.4 Å². The van der Waals surface area contributed by atoms with E-state index in [1.807, 2.05) is 91.0 Å². The molecule has 9 aromatic rings. The Hall–Kier alpha value is -9.44. The number of carbonyl (C=O) groups excluding carboxylic acids is 4. The first-order valence-electron chi connectivity index (χ1n) is 28.0. The third kappa shape index (κ3) is 16.5. The number of benzene rings is 5. The molecule has 5 heterocycles. The number of phenolic OH excluding ortho intramolecular Hbond substituents is 1. The van der Waals surface area contributed by atoms with Gasteiger partial charge >= 0.3 is 12.1 Å². The van der Waals surface area contributed by atoms with Crippen molar-refractivity contribution >= 4 is 93.0 Å². The van der Waals surface area contributed by atoms with Crippen molar-refractivity contribution in [3.05, 3.63) is 216 Å². The van der Waals surface area contributed by atoms with Crippen LogP contribution in [0.3, 0.4) is 0 Å². The van der Waals surface area contributed by atoms with Crippen LogP contribution in [0.25, 0.3) is 44.8 Å². The van der Waals surface area contributed by atoms with E-state index in [1.54, 1.807) is 44.2 Å². The number of halogens is 4. The first-order valence-corrected chi connectivity index (χ1v) is 29.5. The van der Waals surface area contributed by atoms with Crippen molar-refractivity contribution in [3.63, 3.8) is 0 Å². The van der Waals surface area contributed by atoms with Gasteiger partial charge in [0.2, 0.25) is 5.91 Å². The Kier molecular flexibility index (Phi) is 21.3. The fourth-order valence-electron chi connectivity index (χ4n) is 9.47. The van der Waals surface area contributed by atoms with E-state index in [1.165, 1.54) is 59.1 Å². The van der Waals surface area contributed by atoms with Gasteiger partial charge in [0.25, 0.3) is 17.0 Å². The summed E-state index contributed by atoms with van der Waals surface area (Å²) in [5, 5.41) is 35.4. The topological polar surface area (TPSA) is 259 Å². The standard InChI is InChI=1S/C32H33Cl2N7O3.C32H26Cl2N6O4/c1-2-41-31(43)28(37-32(44)38-30-25(33)19-35-20-26(30)34)18-27(39-41)24-7-5-6-23(17-24)22-10-8-21(9-11-22)16-29(42)36-12-15-40-13-3-4-14-40;1-2-40-31(43)28(37-32(44)38-29-25(33)17-35-18-26(29)34)15-27(39-40)23-7-4-6-22(14-23)20-9-11-21(12-10-20)30(42)36-16-19-5-3-8-24(41)13-19/h5-11,17-20H,2-4,12-16H2,1H3,(H,36,42)(H2,35,37,38,44);3-15,17-18,41H,2,16H2,1H3,(H,36,42)(H2,35,37,38,44). The molecule has 7 N–H and O–H groups in total. The van der Waals surface area contributed by atoms with E-state index in [0.717, 1.165) is 58.6 Å². The van der Waals surface area contributed by atoms with Gasteiger partial charge in [-0.25, -0.2) is 19.0 Å². The van der Waals surface area contributed by atoms with Gasteiger partial charge in [-0.3, -0.25) is 29.1 Å². The minimum Gasteiger partial charge on any atom is -0.508 e. The number of carbonyl (C=O) groups is 4. The summed E-state index contributed by atoms with van der Waals surface area (Å²) in [4.78, 5) is 86.7. The average Bonchev–Trinajstić information content (AvgIpc) is 2.35. The van der Waals surface area contributed by atoms with Crippen molar-refractivity contribution in [2.45, 2.75) is 52.7 Å². The Bertz CT molecular complexity index is 4100. The third-order valence-corrected chi connectivity index (χ3v) is 15.1. The maximum absolute atomic E-state index is 13.0. The van der Waals surface area contributed by atoms with E-state index < -0.39 is 23.2 Å². The minimum absolute atomic E-state index is 0.0149.